The van der Waals surface area contributed by atoms with E-state index in [0.29, 0.717) is 30.7 Å². The van der Waals surface area contributed by atoms with E-state index in [1.807, 2.05) is 6.92 Å². The third-order valence-corrected chi connectivity index (χ3v) is 2.87. The summed E-state index contributed by atoms with van der Waals surface area (Å²) in [7, 11) is 1.76. The number of hydrogen-bond acceptors (Lipinski definition) is 3. The van der Waals surface area contributed by atoms with Gasteiger partial charge in [0.1, 0.15) is 0 Å². The summed E-state index contributed by atoms with van der Waals surface area (Å²) in [5, 5.41) is 10.2. The van der Waals surface area contributed by atoms with Crippen LogP contribution in [0.15, 0.2) is 18.2 Å². The molecule has 0 spiro atoms. The Morgan fingerprint density at radius 2 is 2.22 bits per heavy atom. The molecule has 0 heterocycles. The van der Waals surface area contributed by atoms with E-state index in [2.05, 4.69) is 15.9 Å². The molecule has 0 radical (unpaired) electrons. The SMILES string of the molecule is CCOc1cc(CN(C)C(=O)CCBr)ccc1O. The first-order chi connectivity index (χ1) is 8.58. The summed E-state index contributed by atoms with van der Waals surface area (Å²) in [4.78, 5) is 13.3. The van der Waals surface area contributed by atoms with Gasteiger partial charge in [0.05, 0.1) is 6.61 Å². The maximum atomic E-state index is 11.6. The first-order valence-corrected chi connectivity index (χ1v) is 6.95. The van der Waals surface area contributed by atoms with Crippen LogP contribution in [0.3, 0.4) is 0 Å². The second kappa shape index (κ2) is 7.26. The molecule has 0 aliphatic carbocycles. The number of phenolic OH excluding ortho intramolecular Hbond substituents is 1. The van der Waals surface area contributed by atoms with Crippen molar-refractivity contribution in [1.29, 1.82) is 0 Å². The second-order valence-electron chi connectivity index (χ2n) is 3.92. The quantitative estimate of drug-likeness (QED) is 0.821. The van der Waals surface area contributed by atoms with Gasteiger partial charge in [0.2, 0.25) is 5.91 Å². The van der Waals surface area contributed by atoms with Crippen molar-refractivity contribution in [2.24, 2.45) is 0 Å². The van der Waals surface area contributed by atoms with Crippen molar-refractivity contribution in [2.45, 2.75) is 19.9 Å². The first kappa shape index (κ1) is 14.8. The van der Waals surface area contributed by atoms with Gasteiger partial charge in [-0.15, -0.1) is 0 Å². The van der Waals surface area contributed by atoms with Gasteiger partial charge in [-0.1, -0.05) is 22.0 Å². The molecule has 0 aliphatic heterocycles. The molecule has 1 rings (SSSR count). The van der Waals surface area contributed by atoms with Gasteiger partial charge >= 0.3 is 0 Å². The lowest BCUT2D eigenvalue weighted by molar-refractivity contribution is -0.129. The smallest absolute Gasteiger partial charge is 0.223 e. The number of amides is 1. The number of nitrogens with zero attached hydrogens (tertiary/aromatic N) is 1. The number of benzene rings is 1. The van der Waals surface area contributed by atoms with Gasteiger partial charge < -0.3 is 14.7 Å². The number of carbonyl (C=O) groups is 1. The van der Waals surface area contributed by atoms with Crippen molar-refractivity contribution in [3.8, 4) is 11.5 Å². The van der Waals surface area contributed by atoms with E-state index in [0.717, 1.165) is 5.56 Å². The molecular formula is C13H18BrNO3. The fourth-order valence-electron chi connectivity index (χ4n) is 1.56. The van der Waals surface area contributed by atoms with Crippen LogP contribution in [0.1, 0.15) is 18.9 Å². The number of rotatable bonds is 6. The molecule has 0 atom stereocenters. The average molecular weight is 316 g/mol. The van der Waals surface area contributed by atoms with Gasteiger partial charge in [-0.25, -0.2) is 0 Å². The normalized spacial score (nSPS) is 10.2. The van der Waals surface area contributed by atoms with E-state index in [1.54, 1.807) is 30.1 Å². The van der Waals surface area contributed by atoms with Gasteiger partial charge in [-0.05, 0) is 24.6 Å². The van der Waals surface area contributed by atoms with E-state index in [-0.39, 0.29) is 11.7 Å². The number of carbonyl (C=O) groups excluding carboxylic acids is 1. The van der Waals surface area contributed by atoms with Gasteiger partial charge in [-0.2, -0.15) is 0 Å². The molecule has 0 unspecified atom stereocenters. The van der Waals surface area contributed by atoms with Crippen LogP contribution in [0.25, 0.3) is 0 Å². The topological polar surface area (TPSA) is 49.8 Å². The monoisotopic (exact) mass is 315 g/mol. The fourth-order valence-corrected chi connectivity index (χ4v) is 1.90. The minimum Gasteiger partial charge on any atom is -0.504 e. The molecule has 5 heteroatoms. The Morgan fingerprint density at radius 3 is 2.83 bits per heavy atom. The second-order valence-corrected chi connectivity index (χ2v) is 4.72. The average Bonchev–Trinajstić information content (AvgIpc) is 2.34. The van der Waals surface area contributed by atoms with Crippen molar-refractivity contribution in [1.82, 2.24) is 4.90 Å². The number of phenols is 1. The van der Waals surface area contributed by atoms with E-state index < -0.39 is 0 Å². The molecule has 0 saturated carbocycles. The number of alkyl halides is 1. The number of halogens is 1. The van der Waals surface area contributed by atoms with Gasteiger partial charge in [-0.3, -0.25) is 4.79 Å². The highest BCUT2D eigenvalue weighted by Crippen LogP contribution is 2.27. The van der Waals surface area contributed by atoms with Crippen molar-refractivity contribution in [3.05, 3.63) is 23.8 Å². The van der Waals surface area contributed by atoms with Crippen LogP contribution in [-0.4, -0.2) is 34.9 Å². The van der Waals surface area contributed by atoms with Gasteiger partial charge in [0, 0.05) is 25.3 Å². The highest BCUT2D eigenvalue weighted by molar-refractivity contribution is 9.09. The lowest BCUT2D eigenvalue weighted by atomic mass is 10.2. The van der Waals surface area contributed by atoms with E-state index >= 15 is 0 Å². The molecule has 1 aromatic rings. The maximum Gasteiger partial charge on any atom is 0.223 e. The Bertz CT molecular complexity index is 409. The molecule has 0 saturated heterocycles. The van der Waals surface area contributed by atoms with Gasteiger partial charge in [0.25, 0.3) is 0 Å². The maximum absolute atomic E-state index is 11.6. The molecule has 0 bridgehead atoms. The molecule has 0 aromatic heterocycles. The highest BCUT2D eigenvalue weighted by atomic mass is 79.9. The number of aromatic hydroxyl groups is 1. The lowest BCUT2D eigenvalue weighted by Crippen LogP contribution is -2.26. The molecule has 1 N–H and O–H groups in total. The lowest BCUT2D eigenvalue weighted by Gasteiger charge is -2.17. The van der Waals surface area contributed by atoms with E-state index in [4.69, 9.17) is 4.74 Å². The van der Waals surface area contributed by atoms with Crippen LogP contribution < -0.4 is 4.74 Å². The zero-order valence-electron chi connectivity index (χ0n) is 10.6. The van der Waals surface area contributed by atoms with Crippen LogP contribution in [0, 0.1) is 0 Å². The summed E-state index contributed by atoms with van der Waals surface area (Å²) >= 11 is 3.24. The van der Waals surface area contributed by atoms with Crippen LogP contribution >= 0.6 is 15.9 Å². The van der Waals surface area contributed by atoms with E-state index in [9.17, 15) is 9.90 Å². The zero-order valence-corrected chi connectivity index (χ0v) is 12.2. The minimum atomic E-state index is 0.0814. The first-order valence-electron chi connectivity index (χ1n) is 5.83. The van der Waals surface area contributed by atoms with Crippen molar-refractivity contribution < 1.29 is 14.6 Å². The molecule has 18 heavy (non-hydrogen) atoms. The molecule has 1 aromatic carbocycles. The van der Waals surface area contributed by atoms with Gasteiger partial charge in [0.15, 0.2) is 11.5 Å². The summed E-state index contributed by atoms with van der Waals surface area (Å²) in [5.74, 6) is 0.657. The molecule has 0 aliphatic rings. The third kappa shape index (κ3) is 4.22. The standard InChI is InChI=1S/C13H18BrNO3/c1-3-18-12-8-10(4-5-11(12)16)9-15(2)13(17)6-7-14/h4-5,8,16H,3,6-7,9H2,1-2H3. The summed E-state index contributed by atoms with van der Waals surface area (Å²) in [6.45, 7) is 2.86. The summed E-state index contributed by atoms with van der Waals surface area (Å²) in [5.41, 5.74) is 0.932. The Labute approximate surface area is 116 Å². The Morgan fingerprint density at radius 1 is 1.50 bits per heavy atom. The molecule has 4 nitrogen and oxygen atoms in total. The van der Waals surface area contributed by atoms with Crippen molar-refractivity contribution in [2.75, 3.05) is 19.0 Å². The van der Waals surface area contributed by atoms with Crippen LogP contribution in [0.5, 0.6) is 11.5 Å². The number of ether oxygens (including phenoxy) is 1. The molecule has 100 valence electrons. The largest absolute Gasteiger partial charge is 0.504 e. The van der Waals surface area contributed by atoms with Crippen molar-refractivity contribution in [3.63, 3.8) is 0 Å². The third-order valence-electron chi connectivity index (χ3n) is 2.48. The molecule has 0 fully saturated rings. The molecular weight excluding hydrogens is 298 g/mol. The summed E-state index contributed by atoms with van der Waals surface area (Å²) in [6, 6.07) is 5.13. The predicted molar refractivity (Wildman–Crippen MR) is 74.2 cm³/mol. The van der Waals surface area contributed by atoms with E-state index in [1.165, 1.54) is 0 Å². The van der Waals surface area contributed by atoms with Crippen LogP contribution in [0.4, 0.5) is 0 Å². The zero-order chi connectivity index (χ0) is 13.5. The molecule has 1 amide bonds. The Hall–Kier alpha value is -1.23. The number of hydrogen-bond donors (Lipinski definition) is 1. The summed E-state index contributed by atoms with van der Waals surface area (Å²) < 4.78 is 5.31. The van der Waals surface area contributed by atoms with Crippen LogP contribution in [-0.2, 0) is 11.3 Å². The van der Waals surface area contributed by atoms with Crippen molar-refractivity contribution >= 4 is 21.8 Å². The summed E-state index contributed by atoms with van der Waals surface area (Å²) in [6.07, 6.45) is 0.479. The minimum absolute atomic E-state index is 0.0814. The van der Waals surface area contributed by atoms with Crippen LogP contribution in [0.2, 0.25) is 0 Å². The fraction of sp³-hybridized carbons (Fsp3) is 0.462. The Balaban J connectivity index is 2.72. The Kier molecular flexibility index (Phi) is 5.98. The predicted octanol–water partition coefficient (Wildman–Crippen LogP) is 2.53. The highest BCUT2D eigenvalue weighted by Gasteiger charge is 2.10.